The Morgan fingerprint density at radius 3 is 2.79 bits per heavy atom. The van der Waals surface area contributed by atoms with Gasteiger partial charge in [0.05, 0.1) is 6.54 Å². The van der Waals surface area contributed by atoms with Crippen molar-refractivity contribution < 1.29 is 9.59 Å². The van der Waals surface area contributed by atoms with E-state index in [1.165, 1.54) is 0 Å². The van der Waals surface area contributed by atoms with E-state index in [2.05, 4.69) is 10.2 Å². The number of benzene rings is 1. The molecule has 2 amide bonds. The Hall–Kier alpha value is -1.88. The van der Waals surface area contributed by atoms with Crippen molar-refractivity contribution >= 4 is 17.5 Å². The van der Waals surface area contributed by atoms with Gasteiger partial charge in [-0.2, -0.15) is 0 Å². The topological polar surface area (TPSA) is 52.7 Å². The number of carbonyl (C=O) groups is 2. The first kappa shape index (κ1) is 17.0. The molecule has 1 saturated carbocycles. The van der Waals surface area contributed by atoms with Crippen molar-refractivity contribution in [3.05, 3.63) is 29.8 Å². The van der Waals surface area contributed by atoms with E-state index in [1.54, 1.807) is 0 Å². The van der Waals surface area contributed by atoms with Crippen molar-refractivity contribution in [2.24, 2.45) is 5.92 Å². The van der Waals surface area contributed by atoms with Crippen LogP contribution in [0.25, 0.3) is 0 Å². The molecule has 5 heteroatoms. The van der Waals surface area contributed by atoms with Gasteiger partial charge in [-0.3, -0.25) is 14.5 Å². The molecule has 24 heavy (non-hydrogen) atoms. The fraction of sp³-hybridized carbons (Fsp3) is 0.579. The molecule has 1 aliphatic heterocycles. The number of nitrogens with zero attached hydrogens (tertiary/aromatic N) is 2. The molecule has 3 rings (SSSR count). The van der Waals surface area contributed by atoms with Crippen LogP contribution >= 0.6 is 0 Å². The monoisotopic (exact) mass is 329 g/mol. The molecule has 0 spiro atoms. The van der Waals surface area contributed by atoms with Gasteiger partial charge in [0, 0.05) is 31.2 Å². The van der Waals surface area contributed by atoms with Gasteiger partial charge in [-0.25, -0.2) is 0 Å². The van der Waals surface area contributed by atoms with E-state index in [0.717, 1.165) is 50.0 Å². The highest BCUT2D eigenvalue weighted by Crippen LogP contribution is 2.32. The molecular weight excluding hydrogens is 302 g/mol. The Morgan fingerprint density at radius 1 is 1.29 bits per heavy atom. The molecule has 0 radical (unpaired) electrons. The summed E-state index contributed by atoms with van der Waals surface area (Å²) < 4.78 is 0. The quantitative estimate of drug-likeness (QED) is 0.901. The maximum absolute atomic E-state index is 12.3. The zero-order chi connectivity index (χ0) is 17.1. The second-order valence-corrected chi connectivity index (χ2v) is 7.17. The van der Waals surface area contributed by atoms with Crippen LogP contribution in [0.15, 0.2) is 24.3 Å². The molecule has 0 bridgehead atoms. The zero-order valence-electron chi connectivity index (χ0n) is 14.6. The number of hydrogen-bond acceptors (Lipinski definition) is 3. The number of amides is 2. The minimum absolute atomic E-state index is 0.0115. The molecule has 1 aliphatic carbocycles. The number of rotatable bonds is 5. The van der Waals surface area contributed by atoms with Crippen LogP contribution < -0.4 is 5.32 Å². The van der Waals surface area contributed by atoms with Crippen LogP contribution in [0.5, 0.6) is 0 Å². The summed E-state index contributed by atoms with van der Waals surface area (Å²) in [4.78, 5) is 28.6. The standard InChI is InChI=1S/C19H27N3O2/c1-14-5-3-6-16(11-14)20-18(23)13-22-10-4-7-17(12-22)21(2)19(24)15-8-9-15/h3,5-6,11,15,17H,4,7-10,12-13H2,1-2H3,(H,20,23). The summed E-state index contributed by atoms with van der Waals surface area (Å²) in [7, 11) is 1.92. The molecule has 5 nitrogen and oxygen atoms in total. The first-order valence-corrected chi connectivity index (χ1v) is 8.88. The van der Waals surface area contributed by atoms with Crippen LogP contribution in [0.3, 0.4) is 0 Å². The van der Waals surface area contributed by atoms with Crippen molar-refractivity contribution in [2.75, 3.05) is 32.0 Å². The Kier molecular flexibility index (Phi) is 5.19. The summed E-state index contributed by atoms with van der Waals surface area (Å²) in [6, 6.07) is 8.07. The summed E-state index contributed by atoms with van der Waals surface area (Å²) in [6.45, 7) is 4.10. The van der Waals surface area contributed by atoms with Gasteiger partial charge in [-0.15, -0.1) is 0 Å². The normalized spacial score (nSPS) is 21.3. The van der Waals surface area contributed by atoms with Gasteiger partial charge < -0.3 is 10.2 Å². The van der Waals surface area contributed by atoms with Crippen molar-refractivity contribution in [1.82, 2.24) is 9.80 Å². The zero-order valence-corrected chi connectivity index (χ0v) is 14.6. The number of likely N-dealkylation sites (N-methyl/N-ethyl adjacent to an activating group) is 1. The number of piperidine rings is 1. The molecule has 130 valence electrons. The average molecular weight is 329 g/mol. The molecular formula is C19H27N3O2. The van der Waals surface area contributed by atoms with E-state index in [9.17, 15) is 9.59 Å². The van der Waals surface area contributed by atoms with Gasteiger partial charge in [0.1, 0.15) is 0 Å². The third-order valence-electron chi connectivity index (χ3n) is 4.97. The van der Waals surface area contributed by atoms with Gasteiger partial charge in [-0.05, 0) is 56.8 Å². The summed E-state index contributed by atoms with van der Waals surface area (Å²) >= 11 is 0. The number of nitrogens with one attached hydrogen (secondary N) is 1. The molecule has 1 aromatic rings. The first-order chi connectivity index (χ1) is 11.5. The Bertz CT molecular complexity index is 612. The summed E-state index contributed by atoms with van der Waals surface area (Å²) in [5.41, 5.74) is 1.97. The van der Waals surface area contributed by atoms with Gasteiger partial charge in [0.2, 0.25) is 11.8 Å². The smallest absolute Gasteiger partial charge is 0.238 e. The molecule has 1 N–H and O–H groups in total. The first-order valence-electron chi connectivity index (χ1n) is 8.88. The number of anilines is 1. The largest absolute Gasteiger partial charge is 0.341 e. The van der Waals surface area contributed by atoms with Crippen molar-refractivity contribution in [1.29, 1.82) is 0 Å². The predicted octanol–water partition coefficient (Wildman–Crippen LogP) is 2.27. The number of aryl methyl sites for hydroxylation is 1. The van der Waals surface area contributed by atoms with Gasteiger partial charge >= 0.3 is 0 Å². The third-order valence-corrected chi connectivity index (χ3v) is 4.97. The van der Waals surface area contributed by atoms with E-state index in [4.69, 9.17) is 0 Å². The fourth-order valence-electron chi connectivity index (χ4n) is 3.42. The fourth-order valence-corrected chi connectivity index (χ4v) is 3.42. The van der Waals surface area contributed by atoms with Crippen LogP contribution in [0, 0.1) is 12.8 Å². The SMILES string of the molecule is Cc1cccc(NC(=O)CN2CCCC(N(C)C(=O)C3CC3)C2)c1. The maximum Gasteiger partial charge on any atom is 0.238 e. The molecule has 1 saturated heterocycles. The molecule has 0 aromatic heterocycles. The highest BCUT2D eigenvalue weighted by molar-refractivity contribution is 5.92. The van der Waals surface area contributed by atoms with Crippen molar-refractivity contribution in [3.63, 3.8) is 0 Å². The lowest BCUT2D eigenvalue weighted by molar-refractivity contribution is -0.134. The van der Waals surface area contributed by atoms with Crippen LogP contribution in [-0.2, 0) is 9.59 Å². The maximum atomic E-state index is 12.3. The molecule has 1 heterocycles. The van der Waals surface area contributed by atoms with E-state index >= 15 is 0 Å². The molecule has 2 aliphatic rings. The van der Waals surface area contributed by atoms with E-state index < -0.39 is 0 Å². The highest BCUT2D eigenvalue weighted by Gasteiger charge is 2.35. The average Bonchev–Trinajstić information content (AvgIpc) is 3.38. The minimum Gasteiger partial charge on any atom is -0.341 e. The van der Waals surface area contributed by atoms with Crippen LogP contribution in [0.1, 0.15) is 31.2 Å². The lowest BCUT2D eigenvalue weighted by Crippen LogP contribution is -2.50. The molecule has 1 unspecified atom stereocenters. The number of carbonyl (C=O) groups excluding carboxylic acids is 2. The summed E-state index contributed by atoms with van der Waals surface area (Å²) in [6.07, 6.45) is 4.15. The summed E-state index contributed by atoms with van der Waals surface area (Å²) in [5.74, 6) is 0.554. The Balaban J connectivity index is 1.51. The molecule has 1 atom stereocenters. The van der Waals surface area contributed by atoms with E-state index in [1.807, 2.05) is 43.1 Å². The van der Waals surface area contributed by atoms with Gasteiger partial charge in [-0.1, -0.05) is 12.1 Å². The minimum atomic E-state index is 0.0115. The Morgan fingerprint density at radius 2 is 2.08 bits per heavy atom. The lowest BCUT2D eigenvalue weighted by atomic mass is 10.0. The van der Waals surface area contributed by atoms with Crippen LogP contribution in [0.4, 0.5) is 5.69 Å². The van der Waals surface area contributed by atoms with Gasteiger partial charge in [0.15, 0.2) is 0 Å². The second kappa shape index (κ2) is 7.34. The summed E-state index contributed by atoms with van der Waals surface area (Å²) in [5, 5.41) is 2.96. The molecule has 1 aromatic carbocycles. The Labute approximate surface area is 144 Å². The second-order valence-electron chi connectivity index (χ2n) is 7.17. The van der Waals surface area contributed by atoms with E-state index in [0.29, 0.717) is 6.54 Å². The van der Waals surface area contributed by atoms with Gasteiger partial charge in [0.25, 0.3) is 0 Å². The van der Waals surface area contributed by atoms with Crippen LogP contribution in [-0.4, -0.2) is 54.3 Å². The molecule has 2 fully saturated rings. The predicted molar refractivity (Wildman–Crippen MR) is 94.8 cm³/mol. The number of hydrogen-bond donors (Lipinski definition) is 1. The van der Waals surface area contributed by atoms with Crippen molar-refractivity contribution in [3.8, 4) is 0 Å². The van der Waals surface area contributed by atoms with Crippen LogP contribution in [0.2, 0.25) is 0 Å². The lowest BCUT2D eigenvalue weighted by Gasteiger charge is -2.37. The van der Waals surface area contributed by atoms with Crippen molar-refractivity contribution in [2.45, 2.75) is 38.6 Å². The van der Waals surface area contributed by atoms with E-state index in [-0.39, 0.29) is 23.8 Å². The third kappa shape index (κ3) is 4.35. The number of likely N-dealkylation sites (tertiary alicyclic amines) is 1. The highest BCUT2D eigenvalue weighted by atomic mass is 16.2.